The highest BCUT2D eigenvalue weighted by Gasteiger charge is 2.29. The van der Waals surface area contributed by atoms with Gasteiger partial charge in [0.25, 0.3) is 0 Å². The molecular weight excluding hydrogens is 260 g/mol. The van der Waals surface area contributed by atoms with E-state index in [0.29, 0.717) is 0 Å². The fraction of sp³-hybridized carbons (Fsp3) is 0.333. The Hall–Kier alpha value is -1.45. The van der Waals surface area contributed by atoms with Crippen LogP contribution in [0.2, 0.25) is 0 Å². The molecule has 1 aromatic carbocycles. The number of quaternary nitrogens is 1. The Morgan fingerprint density at radius 2 is 2.05 bits per heavy atom. The molecule has 1 unspecified atom stereocenters. The molecule has 1 saturated heterocycles. The van der Waals surface area contributed by atoms with E-state index in [-0.39, 0.29) is 12.4 Å². The van der Waals surface area contributed by atoms with Gasteiger partial charge in [-0.05, 0) is 24.3 Å². The number of benzene rings is 1. The van der Waals surface area contributed by atoms with Crippen LogP contribution in [0.15, 0.2) is 48.3 Å². The van der Waals surface area contributed by atoms with Crippen molar-refractivity contribution < 1.29 is 22.0 Å². The van der Waals surface area contributed by atoms with Gasteiger partial charge in [0.15, 0.2) is 0 Å². The first kappa shape index (κ1) is 14.0. The van der Waals surface area contributed by atoms with Crippen molar-refractivity contribution >= 4 is 0 Å². The molecule has 1 atom stereocenters. The van der Waals surface area contributed by atoms with Crippen molar-refractivity contribution in [1.82, 2.24) is 4.90 Å². The van der Waals surface area contributed by atoms with Crippen LogP contribution < -0.4 is 22.0 Å². The molecule has 4 heteroatoms. The molecule has 19 heavy (non-hydrogen) atoms. The highest BCUT2D eigenvalue weighted by Crippen LogP contribution is 2.12. The van der Waals surface area contributed by atoms with Gasteiger partial charge in [0.05, 0.1) is 13.7 Å². The molecule has 0 aliphatic carbocycles. The summed E-state index contributed by atoms with van der Waals surface area (Å²) < 4.78 is 5.19. The van der Waals surface area contributed by atoms with Gasteiger partial charge in [0, 0.05) is 18.2 Å². The molecule has 102 valence electrons. The number of allylic oxidation sites excluding steroid dienone is 2. The standard InChI is InChI=1S/C15H18N2O.ClH/c1-18-14-7-5-13(6-8-14)12-17-11-10-16-9-3-2-4-15(16)17;/h2-8H,9-12H2,1H3;1H. The van der Waals surface area contributed by atoms with E-state index in [0.717, 1.165) is 18.8 Å². The second-order valence-corrected chi connectivity index (χ2v) is 4.80. The van der Waals surface area contributed by atoms with Crippen LogP contribution in [-0.4, -0.2) is 31.6 Å². The van der Waals surface area contributed by atoms with Crippen molar-refractivity contribution in [3.63, 3.8) is 0 Å². The summed E-state index contributed by atoms with van der Waals surface area (Å²) in [6.45, 7) is 4.49. The van der Waals surface area contributed by atoms with Crippen LogP contribution in [-0.2, 0) is 6.54 Å². The maximum atomic E-state index is 5.19. The van der Waals surface area contributed by atoms with E-state index < -0.39 is 0 Å². The molecule has 2 heterocycles. The minimum absolute atomic E-state index is 0. The van der Waals surface area contributed by atoms with E-state index in [1.165, 1.54) is 24.5 Å². The molecule has 0 saturated carbocycles. The largest absolute Gasteiger partial charge is 1.00 e. The summed E-state index contributed by atoms with van der Waals surface area (Å²) in [6, 6.07) is 8.40. The number of methoxy groups -OCH3 is 1. The van der Waals surface area contributed by atoms with Crippen LogP contribution in [0.5, 0.6) is 5.75 Å². The molecule has 1 N–H and O–H groups in total. The zero-order valence-corrected chi connectivity index (χ0v) is 11.9. The lowest BCUT2D eigenvalue weighted by Crippen LogP contribution is -3.07. The minimum atomic E-state index is 0. The number of hydrogen-bond acceptors (Lipinski definition) is 2. The molecule has 0 aromatic heterocycles. The summed E-state index contributed by atoms with van der Waals surface area (Å²) in [6.07, 6.45) is 6.64. The normalized spacial score (nSPS) is 20.6. The molecule has 0 spiro atoms. The lowest BCUT2D eigenvalue weighted by atomic mass is 10.2. The number of rotatable bonds is 3. The third-order valence-electron chi connectivity index (χ3n) is 3.68. The zero-order chi connectivity index (χ0) is 12.4. The summed E-state index contributed by atoms with van der Waals surface area (Å²) in [5.74, 6) is 2.37. The summed E-state index contributed by atoms with van der Waals surface area (Å²) in [5, 5.41) is 0. The van der Waals surface area contributed by atoms with Gasteiger partial charge in [-0.25, -0.2) is 0 Å². The average molecular weight is 279 g/mol. The average Bonchev–Trinajstić information content (AvgIpc) is 2.83. The molecule has 2 aliphatic rings. The first-order chi connectivity index (χ1) is 8.86. The Morgan fingerprint density at radius 1 is 1.26 bits per heavy atom. The third kappa shape index (κ3) is 2.94. The van der Waals surface area contributed by atoms with E-state index in [1.54, 1.807) is 12.0 Å². The molecule has 0 radical (unpaired) electrons. The Labute approximate surface area is 120 Å². The Morgan fingerprint density at radius 3 is 2.79 bits per heavy atom. The molecule has 2 aliphatic heterocycles. The fourth-order valence-electron chi connectivity index (χ4n) is 2.67. The number of fused-ring (bicyclic) bond motifs is 1. The Balaban J connectivity index is 0.00000133. The third-order valence-corrected chi connectivity index (χ3v) is 3.68. The van der Waals surface area contributed by atoms with Crippen LogP contribution in [0, 0.1) is 0 Å². The minimum Gasteiger partial charge on any atom is -1.00 e. The second-order valence-electron chi connectivity index (χ2n) is 4.80. The topological polar surface area (TPSA) is 16.9 Å². The van der Waals surface area contributed by atoms with Gasteiger partial charge in [-0.1, -0.05) is 12.2 Å². The van der Waals surface area contributed by atoms with Gasteiger partial charge in [0.2, 0.25) is 5.82 Å². The van der Waals surface area contributed by atoms with E-state index in [2.05, 4.69) is 35.3 Å². The van der Waals surface area contributed by atoms with Gasteiger partial charge < -0.3 is 22.0 Å². The van der Waals surface area contributed by atoms with Crippen LogP contribution in [0.4, 0.5) is 0 Å². The number of ether oxygens (including phenoxy) is 1. The monoisotopic (exact) mass is 278 g/mol. The quantitative estimate of drug-likeness (QED) is 0.677. The lowest BCUT2D eigenvalue weighted by Gasteiger charge is -2.20. The summed E-state index contributed by atoms with van der Waals surface area (Å²) >= 11 is 0. The number of hydrogen-bond donors (Lipinski definition) is 1. The van der Waals surface area contributed by atoms with E-state index in [9.17, 15) is 0 Å². The Bertz CT molecular complexity index is 481. The van der Waals surface area contributed by atoms with Crippen molar-refractivity contribution in [2.75, 3.05) is 26.7 Å². The maximum Gasteiger partial charge on any atom is 0.203 e. The highest BCUT2D eigenvalue weighted by molar-refractivity contribution is 5.26. The van der Waals surface area contributed by atoms with E-state index >= 15 is 0 Å². The van der Waals surface area contributed by atoms with E-state index in [4.69, 9.17) is 4.74 Å². The van der Waals surface area contributed by atoms with Crippen molar-refractivity contribution in [2.24, 2.45) is 0 Å². The van der Waals surface area contributed by atoms with Crippen LogP contribution in [0.1, 0.15) is 5.56 Å². The highest BCUT2D eigenvalue weighted by atomic mass is 35.5. The SMILES string of the molecule is COc1ccc(C[NH+]2CCN3CC=CC=C32)cc1.[Cl-]. The van der Waals surface area contributed by atoms with Crippen molar-refractivity contribution in [3.8, 4) is 5.75 Å². The van der Waals surface area contributed by atoms with Crippen LogP contribution in [0.3, 0.4) is 0 Å². The Kier molecular flexibility index (Phi) is 4.51. The summed E-state index contributed by atoms with van der Waals surface area (Å²) in [7, 11) is 1.71. The number of halogens is 1. The van der Waals surface area contributed by atoms with Gasteiger partial charge in [-0.15, -0.1) is 0 Å². The molecule has 0 amide bonds. The van der Waals surface area contributed by atoms with Gasteiger partial charge in [-0.2, -0.15) is 0 Å². The summed E-state index contributed by atoms with van der Waals surface area (Å²) in [4.78, 5) is 4.02. The van der Waals surface area contributed by atoms with Gasteiger partial charge in [-0.3, -0.25) is 4.90 Å². The maximum absolute atomic E-state index is 5.19. The summed E-state index contributed by atoms with van der Waals surface area (Å²) in [5.41, 5.74) is 1.36. The number of nitrogens with one attached hydrogen (secondary N) is 1. The van der Waals surface area contributed by atoms with Crippen LogP contribution >= 0.6 is 0 Å². The molecule has 1 fully saturated rings. The predicted octanol–water partition coefficient (Wildman–Crippen LogP) is -2.19. The molecule has 1 aromatic rings. The second kappa shape index (κ2) is 6.13. The predicted molar refractivity (Wildman–Crippen MR) is 71.3 cm³/mol. The van der Waals surface area contributed by atoms with Crippen molar-refractivity contribution in [1.29, 1.82) is 0 Å². The van der Waals surface area contributed by atoms with Crippen molar-refractivity contribution in [2.45, 2.75) is 6.54 Å². The van der Waals surface area contributed by atoms with Gasteiger partial charge in [0.1, 0.15) is 18.8 Å². The van der Waals surface area contributed by atoms with Crippen molar-refractivity contribution in [3.05, 3.63) is 53.9 Å². The zero-order valence-electron chi connectivity index (χ0n) is 11.1. The van der Waals surface area contributed by atoms with Gasteiger partial charge >= 0.3 is 0 Å². The first-order valence-corrected chi connectivity index (χ1v) is 6.46. The molecule has 3 nitrogen and oxygen atoms in total. The fourth-order valence-corrected chi connectivity index (χ4v) is 2.67. The molecule has 0 bridgehead atoms. The first-order valence-electron chi connectivity index (χ1n) is 6.46. The smallest absolute Gasteiger partial charge is 0.203 e. The molecular formula is C15H19ClN2O. The van der Waals surface area contributed by atoms with Crippen LogP contribution in [0.25, 0.3) is 0 Å². The van der Waals surface area contributed by atoms with E-state index in [1.807, 2.05) is 12.1 Å². The molecule has 3 rings (SSSR count). The lowest BCUT2D eigenvalue weighted by molar-refractivity contribution is -0.867. The number of nitrogens with zero attached hydrogens (tertiary/aromatic N) is 1.